The molecule has 1 aromatic rings. The molecular formula is C26H41N3O5. The number of nitrogens with one attached hydrogen (secondary N) is 2. The highest BCUT2D eigenvalue weighted by Gasteiger charge is 2.35. The number of phenolic OH excluding ortho intramolecular Hbond substituents is 1. The van der Waals surface area contributed by atoms with Crippen molar-refractivity contribution in [2.45, 2.75) is 96.9 Å². The third-order valence-corrected chi connectivity index (χ3v) is 5.82. The molecule has 8 heteroatoms. The van der Waals surface area contributed by atoms with Crippen LogP contribution < -0.4 is 10.6 Å². The first-order chi connectivity index (χ1) is 15.9. The van der Waals surface area contributed by atoms with Crippen LogP contribution in [-0.4, -0.2) is 52.6 Å². The van der Waals surface area contributed by atoms with Crippen molar-refractivity contribution in [1.29, 1.82) is 0 Å². The molecule has 0 radical (unpaired) electrons. The van der Waals surface area contributed by atoms with Crippen molar-refractivity contribution in [3.63, 3.8) is 0 Å². The van der Waals surface area contributed by atoms with E-state index in [0.29, 0.717) is 12.0 Å². The molecule has 1 saturated carbocycles. The molecule has 1 fully saturated rings. The minimum atomic E-state index is -0.948. The van der Waals surface area contributed by atoms with Crippen LogP contribution in [0.4, 0.5) is 4.79 Å². The quantitative estimate of drug-likeness (QED) is 0.520. The highest BCUT2D eigenvalue weighted by Crippen LogP contribution is 2.26. The van der Waals surface area contributed by atoms with Gasteiger partial charge in [-0.05, 0) is 63.6 Å². The van der Waals surface area contributed by atoms with E-state index in [1.54, 1.807) is 40.0 Å². The van der Waals surface area contributed by atoms with Gasteiger partial charge in [-0.15, -0.1) is 0 Å². The van der Waals surface area contributed by atoms with Gasteiger partial charge in [0.15, 0.2) is 0 Å². The molecule has 2 atom stereocenters. The van der Waals surface area contributed by atoms with Gasteiger partial charge in [-0.25, -0.2) is 4.79 Å². The van der Waals surface area contributed by atoms with Crippen molar-refractivity contribution in [2.75, 3.05) is 7.05 Å². The Balaban J connectivity index is 2.29. The molecular weight excluding hydrogens is 434 g/mol. The maximum Gasteiger partial charge on any atom is 0.408 e. The lowest BCUT2D eigenvalue weighted by molar-refractivity contribution is -0.141. The number of carbonyl (C=O) groups excluding carboxylic acids is 3. The van der Waals surface area contributed by atoms with E-state index in [4.69, 9.17) is 4.74 Å². The molecule has 3 N–H and O–H groups in total. The molecule has 1 aliphatic rings. The lowest BCUT2D eigenvalue weighted by Gasteiger charge is -2.33. The number of benzene rings is 1. The number of phenols is 1. The second kappa shape index (κ2) is 12.1. The van der Waals surface area contributed by atoms with Gasteiger partial charge in [0.2, 0.25) is 11.8 Å². The lowest BCUT2D eigenvalue weighted by Crippen LogP contribution is -2.53. The van der Waals surface area contributed by atoms with E-state index in [0.717, 1.165) is 32.1 Å². The molecule has 2 unspecified atom stereocenters. The highest BCUT2D eigenvalue weighted by atomic mass is 16.6. The first kappa shape index (κ1) is 27.5. The Bertz CT molecular complexity index is 843. The van der Waals surface area contributed by atoms with Crippen LogP contribution in [0.2, 0.25) is 0 Å². The highest BCUT2D eigenvalue weighted by molar-refractivity contribution is 5.92. The van der Waals surface area contributed by atoms with Crippen LogP contribution in [0.5, 0.6) is 5.75 Å². The fourth-order valence-corrected chi connectivity index (χ4v) is 4.29. The average molecular weight is 476 g/mol. The van der Waals surface area contributed by atoms with Gasteiger partial charge < -0.3 is 25.4 Å². The van der Waals surface area contributed by atoms with Crippen molar-refractivity contribution in [1.82, 2.24) is 15.5 Å². The number of amides is 3. The standard InChI is InChI=1S/C26H41N3O5/c1-17(2)15-21(28-25(33)34-26(3,4)5)24(32)29(6)22(18-11-10-14-20(30)16-18)23(31)27-19-12-8-7-9-13-19/h10-11,14,16-17,19,21-22,30H,7-9,12-13,15H2,1-6H3,(H,27,31)(H,28,33). The van der Waals surface area contributed by atoms with Crippen LogP contribution in [-0.2, 0) is 14.3 Å². The molecule has 34 heavy (non-hydrogen) atoms. The Labute approximate surface area is 203 Å². The smallest absolute Gasteiger partial charge is 0.408 e. The maximum absolute atomic E-state index is 13.6. The van der Waals surface area contributed by atoms with Gasteiger partial charge in [-0.1, -0.05) is 45.2 Å². The van der Waals surface area contributed by atoms with Crippen LogP contribution in [0.15, 0.2) is 24.3 Å². The molecule has 0 aliphatic heterocycles. The summed E-state index contributed by atoms with van der Waals surface area (Å²) in [5.74, 6) is -0.562. The van der Waals surface area contributed by atoms with Gasteiger partial charge in [-0.3, -0.25) is 9.59 Å². The van der Waals surface area contributed by atoms with Gasteiger partial charge >= 0.3 is 6.09 Å². The fourth-order valence-electron chi connectivity index (χ4n) is 4.29. The number of ether oxygens (including phenoxy) is 1. The Morgan fingerprint density at radius 3 is 2.35 bits per heavy atom. The monoisotopic (exact) mass is 475 g/mol. The largest absolute Gasteiger partial charge is 0.508 e. The molecule has 2 rings (SSSR count). The van der Waals surface area contributed by atoms with E-state index in [-0.39, 0.29) is 23.6 Å². The van der Waals surface area contributed by atoms with Crippen molar-refractivity contribution in [3.8, 4) is 5.75 Å². The predicted molar refractivity (Wildman–Crippen MR) is 131 cm³/mol. The van der Waals surface area contributed by atoms with E-state index in [1.807, 2.05) is 13.8 Å². The number of nitrogens with zero attached hydrogens (tertiary/aromatic N) is 1. The summed E-state index contributed by atoms with van der Waals surface area (Å²) in [6.07, 6.45) is 4.81. The van der Waals surface area contributed by atoms with Gasteiger partial charge in [-0.2, -0.15) is 0 Å². The summed E-state index contributed by atoms with van der Waals surface area (Å²) in [4.78, 5) is 40.8. The molecule has 1 aromatic carbocycles. The summed E-state index contributed by atoms with van der Waals surface area (Å²) < 4.78 is 5.36. The predicted octanol–water partition coefficient (Wildman–Crippen LogP) is 4.28. The summed E-state index contributed by atoms with van der Waals surface area (Å²) in [5, 5.41) is 15.8. The van der Waals surface area contributed by atoms with E-state index >= 15 is 0 Å². The first-order valence-corrected chi connectivity index (χ1v) is 12.2. The van der Waals surface area contributed by atoms with Crippen molar-refractivity contribution in [3.05, 3.63) is 29.8 Å². The maximum atomic E-state index is 13.6. The SMILES string of the molecule is CC(C)CC(NC(=O)OC(C)(C)C)C(=O)N(C)C(C(=O)NC1CCCCC1)c1cccc(O)c1. The van der Waals surface area contributed by atoms with E-state index in [9.17, 15) is 19.5 Å². The lowest BCUT2D eigenvalue weighted by atomic mass is 9.94. The number of alkyl carbamates (subject to hydrolysis) is 1. The molecule has 190 valence electrons. The normalized spacial score (nSPS) is 16.4. The summed E-state index contributed by atoms with van der Waals surface area (Å²) in [5.41, 5.74) is -0.199. The summed E-state index contributed by atoms with van der Waals surface area (Å²) >= 11 is 0. The molecule has 0 bridgehead atoms. The van der Waals surface area contributed by atoms with E-state index < -0.39 is 29.7 Å². The minimum absolute atomic E-state index is 0.0134. The molecule has 0 spiro atoms. The fraction of sp³-hybridized carbons (Fsp3) is 0.654. The van der Waals surface area contributed by atoms with Crippen molar-refractivity contribution < 1.29 is 24.2 Å². The minimum Gasteiger partial charge on any atom is -0.508 e. The Hall–Kier alpha value is -2.77. The third kappa shape index (κ3) is 8.54. The van der Waals surface area contributed by atoms with Crippen LogP contribution in [0.3, 0.4) is 0 Å². The Morgan fingerprint density at radius 1 is 1.15 bits per heavy atom. The molecule has 3 amide bonds. The molecule has 0 heterocycles. The zero-order valence-corrected chi connectivity index (χ0v) is 21.4. The van der Waals surface area contributed by atoms with Crippen molar-refractivity contribution >= 4 is 17.9 Å². The zero-order chi connectivity index (χ0) is 25.5. The molecule has 0 aromatic heterocycles. The number of hydrogen-bond acceptors (Lipinski definition) is 5. The molecule has 0 saturated heterocycles. The number of likely N-dealkylation sites (N-methyl/N-ethyl adjacent to an activating group) is 1. The van der Waals surface area contributed by atoms with Crippen molar-refractivity contribution in [2.24, 2.45) is 5.92 Å². The molecule has 8 nitrogen and oxygen atoms in total. The van der Waals surface area contributed by atoms with Crippen LogP contribution in [0.25, 0.3) is 0 Å². The van der Waals surface area contributed by atoms with Gasteiger partial charge in [0.25, 0.3) is 0 Å². The molecule has 1 aliphatic carbocycles. The second-order valence-corrected chi connectivity index (χ2v) is 10.6. The van der Waals surface area contributed by atoms with Gasteiger partial charge in [0.1, 0.15) is 23.4 Å². The van der Waals surface area contributed by atoms with E-state index in [1.165, 1.54) is 17.0 Å². The van der Waals surface area contributed by atoms with Gasteiger partial charge in [0.05, 0.1) is 0 Å². The Morgan fingerprint density at radius 2 is 1.79 bits per heavy atom. The number of rotatable bonds is 8. The first-order valence-electron chi connectivity index (χ1n) is 12.2. The summed E-state index contributed by atoms with van der Waals surface area (Å²) in [7, 11) is 1.56. The third-order valence-electron chi connectivity index (χ3n) is 5.82. The van der Waals surface area contributed by atoms with Crippen LogP contribution >= 0.6 is 0 Å². The summed E-state index contributed by atoms with van der Waals surface area (Å²) in [6, 6.07) is 4.64. The number of carbonyl (C=O) groups is 3. The Kier molecular flexibility index (Phi) is 9.77. The summed E-state index contributed by atoms with van der Waals surface area (Å²) in [6.45, 7) is 9.18. The van der Waals surface area contributed by atoms with E-state index in [2.05, 4.69) is 10.6 Å². The average Bonchev–Trinajstić information content (AvgIpc) is 2.72. The number of hydrogen-bond donors (Lipinski definition) is 3. The van der Waals surface area contributed by atoms with Crippen LogP contribution in [0.1, 0.15) is 84.7 Å². The van der Waals surface area contributed by atoms with Crippen LogP contribution in [0, 0.1) is 5.92 Å². The topological polar surface area (TPSA) is 108 Å². The zero-order valence-electron chi connectivity index (χ0n) is 21.4. The second-order valence-electron chi connectivity index (χ2n) is 10.6. The number of aromatic hydroxyl groups is 1. The van der Waals surface area contributed by atoms with Gasteiger partial charge in [0, 0.05) is 13.1 Å².